The molecule has 0 saturated heterocycles. The van der Waals surface area contributed by atoms with Gasteiger partial charge >= 0.3 is 0 Å². The predicted octanol–water partition coefficient (Wildman–Crippen LogP) is 1.32. The molecular weight excluding hydrogens is 282 g/mol. The molecule has 1 N–H and O–H groups in total. The highest BCUT2D eigenvalue weighted by atomic mass is 16.1. The van der Waals surface area contributed by atoms with Crippen LogP contribution < -0.4 is 5.32 Å². The highest BCUT2D eigenvalue weighted by molar-refractivity contribution is 6.02. The lowest BCUT2D eigenvalue weighted by atomic mass is 10.2. The van der Waals surface area contributed by atoms with Crippen LogP contribution in [0.25, 0.3) is 5.69 Å². The van der Waals surface area contributed by atoms with Crippen LogP contribution in [-0.2, 0) is 0 Å². The number of nitrogens with one attached hydrogen (secondary N) is 1. The molecule has 0 bridgehead atoms. The summed E-state index contributed by atoms with van der Waals surface area (Å²) in [6, 6.07) is 7.23. The summed E-state index contributed by atoms with van der Waals surface area (Å²) in [4.78, 5) is 20.2. The fraction of sp³-hybridized carbons (Fsp3) is 0.143. The minimum absolute atomic E-state index is 0.259. The zero-order valence-electron chi connectivity index (χ0n) is 12.1. The number of hydrogen-bond donors (Lipinski definition) is 1. The third-order valence-electron chi connectivity index (χ3n) is 2.99. The topological polar surface area (TPSA) is 98.5 Å². The van der Waals surface area contributed by atoms with Gasteiger partial charge in [0, 0.05) is 11.9 Å². The molecule has 0 spiro atoms. The summed E-state index contributed by atoms with van der Waals surface area (Å²) < 4.78 is 1.58. The van der Waals surface area contributed by atoms with E-state index in [9.17, 15) is 4.79 Å². The van der Waals surface area contributed by atoms with Gasteiger partial charge in [-0.25, -0.2) is 4.98 Å². The van der Waals surface area contributed by atoms with Crippen LogP contribution in [0.3, 0.4) is 0 Å². The number of carbonyl (C=O) groups is 1. The first kappa shape index (κ1) is 13.8. The Bertz CT molecular complexity index is 810. The molecule has 0 aliphatic rings. The van der Waals surface area contributed by atoms with E-state index in [4.69, 9.17) is 0 Å². The van der Waals surface area contributed by atoms with E-state index in [1.165, 1.54) is 6.20 Å². The third-order valence-corrected chi connectivity index (χ3v) is 2.99. The molecule has 2 heterocycles. The number of rotatable bonds is 3. The molecule has 0 fully saturated rings. The van der Waals surface area contributed by atoms with Crippen molar-refractivity contribution in [3.05, 3.63) is 53.9 Å². The standard InChI is InChI=1S/C14H13N7O/c1-9-7-16-13(8-15-9)14(22)17-11-4-3-5-12(6-11)21-10(2)18-19-20-21/h3-8H,1-2H3,(H,17,22). The smallest absolute Gasteiger partial charge is 0.275 e. The van der Waals surface area contributed by atoms with Gasteiger partial charge in [0.1, 0.15) is 5.69 Å². The van der Waals surface area contributed by atoms with Crippen molar-refractivity contribution in [1.82, 2.24) is 30.2 Å². The summed E-state index contributed by atoms with van der Waals surface area (Å²) in [6.45, 7) is 3.61. The maximum absolute atomic E-state index is 12.1. The molecule has 22 heavy (non-hydrogen) atoms. The number of nitrogens with zero attached hydrogens (tertiary/aromatic N) is 6. The lowest BCUT2D eigenvalue weighted by Crippen LogP contribution is -2.14. The number of aromatic nitrogens is 6. The van der Waals surface area contributed by atoms with Crippen molar-refractivity contribution >= 4 is 11.6 Å². The largest absolute Gasteiger partial charge is 0.321 e. The maximum Gasteiger partial charge on any atom is 0.275 e. The SMILES string of the molecule is Cc1cnc(C(=O)Nc2cccc(-n3nnnc3C)c2)cn1. The van der Waals surface area contributed by atoms with Gasteiger partial charge in [-0.3, -0.25) is 9.78 Å². The fourth-order valence-corrected chi connectivity index (χ4v) is 1.89. The molecule has 0 atom stereocenters. The molecule has 0 aliphatic carbocycles. The number of carbonyl (C=O) groups excluding carboxylic acids is 1. The molecule has 8 nitrogen and oxygen atoms in total. The van der Waals surface area contributed by atoms with Gasteiger partial charge in [-0.05, 0) is 42.5 Å². The van der Waals surface area contributed by atoms with E-state index < -0.39 is 0 Å². The van der Waals surface area contributed by atoms with Gasteiger partial charge in [-0.1, -0.05) is 6.07 Å². The molecule has 1 amide bonds. The minimum atomic E-state index is -0.321. The summed E-state index contributed by atoms with van der Waals surface area (Å²) in [5.41, 5.74) is 2.40. The summed E-state index contributed by atoms with van der Waals surface area (Å²) in [5.74, 6) is 0.339. The van der Waals surface area contributed by atoms with Crippen molar-refractivity contribution in [3.63, 3.8) is 0 Å². The van der Waals surface area contributed by atoms with E-state index in [-0.39, 0.29) is 11.6 Å². The van der Waals surface area contributed by atoms with Crippen LogP contribution in [0.4, 0.5) is 5.69 Å². The molecule has 110 valence electrons. The summed E-state index contributed by atoms with van der Waals surface area (Å²) in [7, 11) is 0. The number of hydrogen-bond acceptors (Lipinski definition) is 6. The van der Waals surface area contributed by atoms with Crippen molar-refractivity contribution in [2.24, 2.45) is 0 Å². The van der Waals surface area contributed by atoms with E-state index in [0.717, 1.165) is 11.4 Å². The van der Waals surface area contributed by atoms with E-state index >= 15 is 0 Å². The summed E-state index contributed by atoms with van der Waals surface area (Å²) >= 11 is 0. The Morgan fingerprint density at radius 1 is 1.18 bits per heavy atom. The van der Waals surface area contributed by atoms with E-state index in [0.29, 0.717) is 11.5 Å². The molecule has 2 aromatic heterocycles. The van der Waals surface area contributed by atoms with Gasteiger partial charge in [-0.15, -0.1) is 5.10 Å². The van der Waals surface area contributed by atoms with Crippen LogP contribution in [0.2, 0.25) is 0 Å². The number of tetrazole rings is 1. The molecule has 3 rings (SSSR count). The number of anilines is 1. The van der Waals surface area contributed by atoms with Gasteiger partial charge in [0.2, 0.25) is 0 Å². The van der Waals surface area contributed by atoms with Crippen molar-refractivity contribution in [2.45, 2.75) is 13.8 Å². The van der Waals surface area contributed by atoms with Gasteiger partial charge in [-0.2, -0.15) is 4.68 Å². The van der Waals surface area contributed by atoms with Crippen molar-refractivity contribution < 1.29 is 4.79 Å². The number of aryl methyl sites for hydroxylation is 2. The Labute approximate surface area is 126 Å². The molecular formula is C14H13N7O. The van der Waals surface area contributed by atoms with Crippen molar-refractivity contribution in [2.75, 3.05) is 5.32 Å². The molecule has 1 aromatic carbocycles. The highest BCUT2D eigenvalue weighted by Gasteiger charge is 2.09. The van der Waals surface area contributed by atoms with Crippen LogP contribution in [0.5, 0.6) is 0 Å². The molecule has 8 heteroatoms. The Balaban J connectivity index is 1.82. The van der Waals surface area contributed by atoms with Crippen LogP contribution in [0, 0.1) is 13.8 Å². The lowest BCUT2D eigenvalue weighted by molar-refractivity contribution is 0.102. The van der Waals surface area contributed by atoms with Crippen LogP contribution in [0.15, 0.2) is 36.7 Å². The van der Waals surface area contributed by atoms with E-state index in [1.54, 1.807) is 29.9 Å². The van der Waals surface area contributed by atoms with E-state index in [1.807, 2.05) is 19.1 Å². The molecule has 0 radical (unpaired) electrons. The van der Waals surface area contributed by atoms with Crippen LogP contribution in [-0.4, -0.2) is 36.1 Å². The number of amides is 1. The predicted molar refractivity (Wildman–Crippen MR) is 78.6 cm³/mol. The van der Waals surface area contributed by atoms with Gasteiger partial charge < -0.3 is 5.32 Å². The lowest BCUT2D eigenvalue weighted by Gasteiger charge is -2.07. The normalized spacial score (nSPS) is 10.5. The van der Waals surface area contributed by atoms with E-state index in [2.05, 4.69) is 30.8 Å². The summed E-state index contributed by atoms with van der Waals surface area (Å²) in [5, 5.41) is 14.1. The van der Waals surface area contributed by atoms with Gasteiger partial charge in [0.05, 0.1) is 17.6 Å². The highest BCUT2D eigenvalue weighted by Crippen LogP contribution is 2.15. The average molecular weight is 295 g/mol. The monoisotopic (exact) mass is 295 g/mol. The second-order valence-electron chi connectivity index (χ2n) is 4.69. The first-order valence-corrected chi connectivity index (χ1v) is 6.59. The first-order chi connectivity index (χ1) is 10.6. The quantitative estimate of drug-likeness (QED) is 0.782. The minimum Gasteiger partial charge on any atom is -0.321 e. The Morgan fingerprint density at radius 2 is 2.05 bits per heavy atom. The Morgan fingerprint density at radius 3 is 2.73 bits per heavy atom. The molecule has 0 unspecified atom stereocenters. The summed E-state index contributed by atoms with van der Waals surface area (Å²) in [6.07, 6.45) is 3.00. The van der Waals surface area contributed by atoms with Gasteiger partial charge in [0.15, 0.2) is 5.82 Å². The Kier molecular flexibility index (Phi) is 3.57. The zero-order valence-corrected chi connectivity index (χ0v) is 12.1. The average Bonchev–Trinajstić information content (AvgIpc) is 2.94. The van der Waals surface area contributed by atoms with Crippen molar-refractivity contribution in [1.29, 1.82) is 0 Å². The molecule has 3 aromatic rings. The molecule has 0 aliphatic heterocycles. The third kappa shape index (κ3) is 2.80. The zero-order chi connectivity index (χ0) is 15.5. The maximum atomic E-state index is 12.1. The second-order valence-corrected chi connectivity index (χ2v) is 4.69. The first-order valence-electron chi connectivity index (χ1n) is 6.59. The molecule has 0 saturated carbocycles. The van der Waals surface area contributed by atoms with Gasteiger partial charge in [0.25, 0.3) is 5.91 Å². The Hall–Kier alpha value is -3.16. The fourth-order valence-electron chi connectivity index (χ4n) is 1.89. The second kappa shape index (κ2) is 5.68. The van der Waals surface area contributed by atoms with Crippen molar-refractivity contribution in [3.8, 4) is 5.69 Å². The van der Waals surface area contributed by atoms with Crippen LogP contribution in [0.1, 0.15) is 22.0 Å². The van der Waals surface area contributed by atoms with Crippen LogP contribution >= 0.6 is 0 Å². The number of benzene rings is 1.